The van der Waals surface area contributed by atoms with Gasteiger partial charge in [0.15, 0.2) is 5.75 Å². The van der Waals surface area contributed by atoms with E-state index in [1.807, 2.05) is 24.3 Å². The van der Waals surface area contributed by atoms with Crippen LogP contribution in [0.4, 0.5) is 4.79 Å². The van der Waals surface area contributed by atoms with Gasteiger partial charge in [-0.15, -0.1) is 0 Å². The van der Waals surface area contributed by atoms with Crippen molar-refractivity contribution in [1.82, 2.24) is 0 Å². The minimum atomic E-state index is -1.03. The Morgan fingerprint density at radius 1 is 1.14 bits per heavy atom. The molecule has 2 aliphatic heterocycles. The SMILES string of the molecule is CC(C)(C)OC(=O)Oc1c(C(=O)OC23C=CC(CC2)O3)ccc2ccccc12. The molecule has 1 saturated heterocycles. The summed E-state index contributed by atoms with van der Waals surface area (Å²) >= 11 is 0. The van der Waals surface area contributed by atoms with Gasteiger partial charge in [-0.05, 0) is 44.7 Å². The number of benzene rings is 2. The highest BCUT2D eigenvalue weighted by atomic mass is 16.7. The van der Waals surface area contributed by atoms with Crippen LogP contribution < -0.4 is 4.74 Å². The van der Waals surface area contributed by atoms with Crippen LogP contribution in [0.3, 0.4) is 0 Å². The molecule has 0 N–H and O–H groups in total. The Balaban J connectivity index is 1.68. The molecule has 2 unspecified atom stereocenters. The maximum atomic E-state index is 12.9. The monoisotopic (exact) mass is 382 g/mol. The van der Waals surface area contributed by atoms with Crippen molar-refractivity contribution < 1.29 is 28.5 Å². The maximum absolute atomic E-state index is 12.9. The quantitative estimate of drug-likeness (QED) is 0.433. The third-order valence-electron chi connectivity index (χ3n) is 4.63. The number of esters is 1. The zero-order valence-electron chi connectivity index (χ0n) is 16.1. The van der Waals surface area contributed by atoms with Gasteiger partial charge in [0.25, 0.3) is 0 Å². The lowest BCUT2D eigenvalue weighted by atomic mass is 10.0. The second kappa shape index (κ2) is 6.63. The minimum Gasteiger partial charge on any atom is -0.428 e. The fourth-order valence-corrected chi connectivity index (χ4v) is 3.42. The summed E-state index contributed by atoms with van der Waals surface area (Å²) in [4.78, 5) is 25.2. The minimum absolute atomic E-state index is 0.0121. The van der Waals surface area contributed by atoms with E-state index in [-0.39, 0.29) is 17.4 Å². The Labute approximate surface area is 163 Å². The number of hydrogen-bond donors (Lipinski definition) is 0. The first kappa shape index (κ1) is 18.5. The van der Waals surface area contributed by atoms with Gasteiger partial charge in [-0.25, -0.2) is 9.59 Å². The lowest BCUT2D eigenvalue weighted by molar-refractivity contribution is -0.140. The first-order valence-corrected chi connectivity index (χ1v) is 9.28. The average Bonchev–Trinajstić information content (AvgIpc) is 3.20. The van der Waals surface area contributed by atoms with Gasteiger partial charge < -0.3 is 18.9 Å². The average molecular weight is 382 g/mol. The van der Waals surface area contributed by atoms with Crippen LogP contribution in [-0.2, 0) is 14.2 Å². The van der Waals surface area contributed by atoms with Crippen LogP contribution in [0.15, 0.2) is 48.6 Å². The molecule has 0 radical (unpaired) electrons. The summed E-state index contributed by atoms with van der Waals surface area (Å²) in [6, 6.07) is 10.7. The summed E-state index contributed by atoms with van der Waals surface area (Å²) in [5.74, 6) is -1.53. The molecule has 2 heterocycles. The normalized spacial score (nSPS) is 23.0. The molecule has 2 atom stereocenters. The number of rotatable bonds is 3. The molecule has 1 fully saturated rings. The summed E-state index contributed by atoms with van der Waals surface area (Å²) in [6.45, 7) is 5.23. The molecule has 4 rings (SSSR count). The molecule has 28 heavy (non-hydrogen) atoms. The van der Waals surface area contributed by atoms with Gasteiger partial charge in [-0.3, -0.25) is 0 Å². The van der Waals surface area contributed by atoms with E-state index in [9.17, 15) is 9.59 Å². The van der Waals surface area contributed by atoms with E-state index < -0.39 is 23.5 Å². The molecule has 0 spiro atoms. The smallest absolute Gasteiger partial charge is 0.428 e. The van der Waals surface area contributed by atoms with Crippen molar-refractivity contribution in [2.24, 2.45) is 0 Å². The fraction of sp³-hybridized carbons (Fsp3) is 0.364. The Morgan fingerprint density at radius 2 is 1.93 bits per heavy atom. The predicted molar refractivity (Wildman–Crippen MR) is 102 cm³/mol. The summed E-state index contributed by atoms with van der Waals surface area (Å²) in [7, 11) is 0. The first-order valence-electron chi connectivity index (χ1n) is 9.28. The highest BCUT2D eigenvalue weighted by molar-refractivity contribution is 6.02. The molecule has 0 aliphatic carbocycles. The van der Waals surface area contributed by atoms with Gasteiger partial charge in [0.05, 0.1) is 6.10 Å². The second-order valence-corrected chi connectivity index (χ2v) is 7.99. The van der Waals surface area contributed by atoms with Gasteiger partial charge in [-0.1, -0.05) is 36.4 Å². The molecule has 146 valence electrons. The van der Waals surface area contributed by atoms with Crippen molar-refractivity contribution >= 4 is 22.9 Å². The molecule has 6 nitrogen and oxygen atoms in total. The molecular formula is C22H22O6. The summed E-state index contributed by atoms with van der Waals surface area (Å²) in [5, 5.41) is 1.45. The Kier molecular flexibility index (Phi) is 4.38. The summed E-state index contributed by atoms with van der Waals surface area (Å²) in [5.41, 5.74) is -0.575. The lowest BCUT2D eigenvalue weighted by Crippen LogP contribution is -2.31. The number of fused-ring (bicyclic) bond motifs is 3. The van der Waals surface area contributed by atoms with Crippen LogP contribution in [-0.4, -0.2) is 29.6 Å². The third-order valence-corrected chi connectivity index (χ3v) is 4.63. The number of hydrogen-bond acceptors (Lipinski definition) is 6. The molecule has 2 bridgehead atoms. The Morgan fingerprint density at radius 3 is 2.57 bits per heavy atom. The molecule has 0 aromatic heterocycles. The van der Waals surface area contributed by atoms with Gasteiger partial charge in [-0.2, -0.15) is 0 Å². The molecule has 2 aromatic rings. The standard InChI is InChI=1S/C22H22O6/c1-21(2,3)28-20(24)25-18-16-7-5-4-6-14(16)8-9-17(18)19(23)27-22-12-10-15(26-22)11-13-22/h4-10,12,15H,11,13H2,1-3H3. The highest BCUT2D eigenvalue weighted by Crippen LogP contribution is 2.40. The van der Waals surface area contributed by atoms with Crippen LogP contribution in [0, 0.1) is 0 Å². The van der Waals surface area contributed by atoms with Crippen molar-refractivity contribution in [3.05, 3.63) is 54.1 Å². The van der Waals surface area contributed by atoms with E-state index in [1.54, 1.807) is 45.0 Å². The van der Waals surface area contributed by atoms with E-state index >= 15 is 0 Å². The van der Waals surface area contributed by atoms with Gasteiger partial charge in [0.2, 0.25) is 5.79 Å². The number of carbonyl (C=O) groups excluding carboxylic acids is 2. The fourth-order valence-electron chi connectivity index (χ4n) is 3.42. The van der Waals surface area contributed by atoms with Crippen molar-refractivity contribution in [2.75, 3.05) is 0 Å². The van der Waals surface area contributed by atoms with Crippen LogP contribution >= 0.6 is 0 Å². The maximum Gasteiger partial charge on any atom is 0.514 e. The van der Waals surface area contributed by atoms with E-state index in [2.05, 4.69) is 0 Å². The highest BCUT2D eigenvalue weighted by Gasteiger charge is 2.46. The zero-order valence-corrected chi connectivity index (χ0v) is 16.1. The predicted octanol–water partition coefficient (Wildman–Crippen LogP) is 4.76. The summed E-state index contributed by atoms with van der Waals surface area (Å²) < 4.78 is 22.1. The number of carbonyl (C=O) groups is 2. The molecule has 0 saturated carbocycles. The Bertz CT molecular complexity index is 971. The van der Waals surface area contributed by atoms with Crippen LogP contribution in [0.25, 0.3) is 10.8 Å². The zero-order chi connectivity index (χ0) is 19.9. The van der Waals surface area contributed by atoms with Crippen LogP contribution in [0.2, 0.25) is 0 Å². The molecule has 2 aromatic carbocycles. The number of ether oxygens (including phenoxy) is 4. The van der Waals surface area contributed by atoms with Gasteiger partial charge >= 0.3 is 12.1 Å². The largest absolute Gasteiger partial charge is 0.514 e. The van der Waals surface area contributed by atoms with Crippen molar-refractivity contribution in [3.8, 4) is 5.75 Å². The van der Waals surface area contributed by atoms with Gasteiger partial charge in [0, 0.05) is 11.8 Å². The van der Waals surface area contributed by atoms with E-state index in [0.717, 1.165) is 11.8 Å². The van der Waals surface area contributed by atoms with Crippen LogP contribution in [0.5, 0.6) is 5.75 Å². The van der Waals surface area contributed by atoms with Crippen LogP contribution in [0.1, 0.15) is 44.0 Å². The van der Waals surface area contributed by atoms with E-state index in [1.165, 1.54) is 0 Å². The van der Waals surface area contributed by atoms with Gasteiger partial charge in [0.1, 0.15) is 11.2 Å². The van der Waals surface area contributed by atoms with E-state index in [4.69, 9.17) is 18.9 Å². The summed E-state index contributed by atoms with van der Waals surface area (Å²) in [6.07, 6.45) is 4.19. The van der Waals surface area contributed by atoms with Crippen molar-refractivity contribution in [1.29, 1.82) is 0 Å². The molecule has 6 heteroatoms. The van der Waals surface area contributed by atoms with E-state index in [0.29, 0.717) is 11.8 Å². The molecule has 0 amide bonds. The Hall–Kier alpha value is -2.86. The third kappa shape index (κ3) is 3.60. The van der Waals surface area contributed by atoms with Crippen molar-refractivity contribution in [3.63, 3.8) is 0 Å². The topological polar surface area (TPSA) is 71.1 Å². The van der Waals surface area contributed by atoms with Crippen molar-refractivity contribution in [2.45, 2.75) is 51.1 Å². The lowest BCUT2D eigenvalue weighted by Gasteiger charge is -2.23. The molecular weight excluding hydrogens is 360 g/mol. The second-order valence-electron chi connectivity index (χ2n) is 7.99. The first-order chi connectivity index (χ1) is 13.2. The molecule has 2 aliphatic rings.